The Labute approximate surface area is 107 Å². The molecular formula is C13H20N4O. The van der Waals surface area contributed by atoms with Gasteiger partial charge < -0.3 is 10.6 Å². The maximum Gasteiger partial charge on any atom is 0.259 e. The quantitative estimate of drug-likeness (QED) is 0.795. The minimum Gasteiger partial charge on any atom is -0.383 e. The van der Waals surface area contributed by atoms with Crippen LogP contribution in [0.2, 0.25) is 0 Å². The van der Waals surface area contributed by atoms with E-state index in [0.29, 0.717) is 16.8 Å². The van der Waals surface area contributed by atoms with E-state index < -0.39 is 0 Å². The third kappa shape index (κ3) is 1.87. The van der Waals surface area contributed by atoms with Gasteiger partial charge in [0.1, 0.15) is 11.4 Å². The summed E-state index contributed by atoms with van der Waals surface area (Å²) in [6, 6.07) is 0. The van der Waals surface area contributed by atoms with Crippen LogP contribution in [0.5, 0.6) is 0 Å². The molecule has 3 rings (SSSR count). The Balaban J connectivity index is 1.66. The number of aromatic amines is 1. The first-order valence-electron chi connectivity index (χ1n) is 6.78. The lowest BCUT2D eigenvalue weighted by Gasteiger charge is -2.39. The fraction of sp³-hybridized carbons (Fsp3) is 0.692. The summed E-state index contributed by atoms with van der Waals surface area (Å²) in [6.07, 6.45) is 9.25. The molecule has 0 radical (unpaired) electrons. The standard InChI is InChI=1S/C13H20N4O/c14-11-10(9-15-16-11)12(18)17-7-5-13(6-8-17)3-1-2-4-13/h9H,1-8H2,(H3,14,15,16). The number of amides is 1. The van der Waals surface area contributed by atoms with Crippen LogP contribution in [0.25, 0.3) is 0 Å². The van der Waals surface area contributed by atoms with Crippen LogP contribution in [0.4, 0.5) is 5.82 Å². The highest BCUT2D eigenvalue weighted by Gasteiger charge is 2.38. The third-order valence-corrected chi connectivity index (χ3v) is 4.67. The molecule has 98 valence electrons. The lowest BCUT2D eigenvalue weighted by molar-refractivity contribution is 0.0588. The maximum absolute atomic E-state index is 12.3. The van der Waals surface area contributed by atoms with Gasteiger partial charge in [0.05, 0.1) is 6.20 Å². The van der Waals surface area contributed by atoms with Crippen LogP contribution in [0.3, 0.4) is 0 Å². The molecule has 0 unspecified atom stereocenters. The second-order valence-corrected chi connectivity index (χ2v) is 5.70. The summed E-state index contributed by atoms with van der Waals surface area (Å²) in [6.45, 7) is 1.73. The summed E-state index contributed by atoms with van der Waals surface area (Å²) >= 11 is 0. The van der Waals surface area contributed by atoms with Crippen LogP contribution in [0.15, 0.2) is 6.20 Å². The molecule has 1 aromatic rings. The highest BCUT2D eigenvalue weighted by atomic mass is 16.2. The van der Waals surface area contributed by atoms with Gasteiger partial charge in [0, 0.05) is 13.1 Å². The van der Waals surface area contributed by atoms with Gasteiger partial charge in [0.2, 0.25) is 0 Å². The van der Waals surface area contributed by atoms with Gasteiger partial charge in [0.25, 0.3) is 5.91 Å². The summed E-state index contributed by atoms with van der Waals surface area (Å²) in [7, 11) is 0. The predicted molar refractivity (Wildman–Crippen MR) is 69.0 cm³/mol. The van der Waals surface area contributed by atoms with E-state index in [-0.39, 0.29) is 5.91 Å². The number of nitrogens with one attached hydrogen (secondary N) is 1. The first-order chi connectivity index (χ1) is 8.70. The Morgan fingerprint density at radius 2 is 1.94 bits per heavy atom. The molecule has 0 aromatic carbocycles. The van der Waals surface area contributed by atoms with E-state index in [1.165, 1.54) is 31.9 Å². The number of nitrogens with two attached hydrogens (primary N) is 1. The van der Waals surface area contributed by atoms with Crippen LogP contribution in [-0.4, -0.2) is 34.1 Å². The van der Waals surface area contributed by atoms with Gasteiger partial charge in [0.15, 0.2) is 0 Å². The van der Waals surface area contributed by atoms with Gasteiger partial charge in [-0.2, -0.15) is 5.10 Å². The lowest BCUT2D eigenvalue weighted by atomic mass is 9.77. The molecule has 5 heteroatoms. The number of carbonyl (C=O) groups excluding carboxylic acids is 1. The molecule has 1 aliphatic heterocycles. The Morgan fingerprint density at radius 1 is 1.28 bits per heavy atom. The molecule has 1 aliphatic carbocycles. The molecule has 2 fully saturated rings. The first kappa shape index (κ1) is 11.6. The first-order valence-corrected chi connectivity index (χ1v) is 6.78. The Hall–Kier alpha value is -1.52. The number of aromatic nitrogens is 2. The average molecular weight is 248 g/mol. The van der Waals surface area contributed by atoms with Gasteiger partial charge >= 0.3 is 0 Å². The van der Waals surface area contributed by atoms with Crippen LogP contribution in [0.1, 0.15) is 48.9 Å². The molecule has 1 spiro atoms. The Kier molecular flexibility index (Phi) is 2.76. The summed E-state index contributed by atoms with van der Waals surface area (Å²) in [4.78, 5) is 14.2. The van der Waals surface area contributed by atoms with Gasteiger partial charge in [-0.15, -0.1) is 0 Å². The molecule has 2 aliphatic rings. The van der Waals surface area contributed by atoms with Crippen molar-refractivity contribution in [3.63, 3.8) is 0 Å². The van der Waals surface area contributed by atoms with Crippen molar-refractivity contribution >= 4 is 11.7 Å². The minimum absolute atomic E-state index is 0.0223. The zero-order valence-corrected chi connectivity index (χ0v) is 10.6. The summed E-state index contributed by atoms with van der Waals surface area (Å²) < 4.78 is 0. The fourth-order valence-electron chi connectivity index (χ4n) is 3.45. The van der Waals surface area contributed by atoms with E-state index in [2.05, 4.69) is 10.2 Å². The van der Waals surface area contributed by atoms with Crippen LogP contribution < -0.4 is 5.73 Å². The number of likely N-dealkylation sites (tertiary alicyclic amines) is 1. The molecule has 1 saturated carbocycles. The number of nitrogen functional groups attached to an aromatic ring is 1. The van der Waals surface area contributed by atoms with Crippen LogP contribution in [-0.2, 0) is 0 Å². The number of H-pyrrole nitrogens is 1. The third-order valence-electron chi connectivity index (χ3n) is 4.67. The Morgan fingerprint density at radius 3 is 2.50 bits per heavy atom. The van der Waals surface area contributed by atoms with Crippen molar-refractivity contribution in [3.05, 3.63) is 11.8 Å². The van der Waals surface area contributed by atoms with Gasteiger partial charge in [-0.05, 0) is 31.1 Å². The zero-order valence-electron chi connectivity index (χ0n) is 10.6. The molecule has 1 amide bonds. The highest BCUT2D eigenvalue weighted by molar-refractivity contribution is 5.98. The zero-order chi connectivity index (χ0) is 12.6. The van der Waals surface area contributed by atoms with Gasteiger partial charge in [-0.1, -0.05) is 12.8 Å². The van der Waals surface area contributed by atoms with Crippen LogP contribution >= 0.6 is 0 Å². The van der Waals surface area contributed by atoms with Crippen LogP contribution in [0, 0.1) is 5.41 Å². The largest absolute Gasteiger partial charge is 0.383 e. The van der Waals surface area contributed by atoms with Crippen molar-refractivity contribution in [3.8, 4) is 0 Å². The van der Waals surface area contributed by atoms with Crippen molar-refractivity contribution in [2.45, 2.75) is 38.5 Å². The number of rotatable bonds is 1. The number of anilines is 1. The summed E-state index contributed by atoms with van der Waals surface area (Å²) in [5, 5.41) is 6.43. The van der Waals surface area contributed by atoms with Crippen molar-refractivity contribution in [1.82, 2.24) is 15.1 Å². The van der Waals surface area contributed by atoms with E-state index in [9.17, 15) is 4.79 Å². The van der Waals surface area contributed by atoms with Crippen molar-refractivity contribution < 1.29 is 4.79 Å². The van der Waals surface area contributed by atoms with Crippen molar-refractivity contribution in [2.24, 2.45) is 5.41 Å². The number of carbonyl (C=O) groups is 1. The normalized spacial score (nSPS) is 22.6. The maximum atomic E-state index is 12.3. The second-order valence-electron chi connectivity index (χ2n) is 5.70. The molecule has 2 heterocycles. The van der Waals surface area contributed by atoms with E-state index in [4.69, 9.17) is 5.73 Å². The molecule has 0 atom stereocenters. The van der Waals surface area contributed by atoms with E-state index in [1.54, 1.807) is 0 Å². The Bertz CT molecular complexity index is 438. The van der Waals surface area contributed by atoms with Crippen molar-refractivity contribution in [2.75, 3.05) is 18.8 Å². The lowest BCUT2D eigenvalue weighted by Crippen LogP contribution is -2.42. The molecule has 5 nitrogen and oxygen atoms in total. The highest BCUT2D eigenvalue weighted by Crippen LogP contribution is 2.46. The summed E-state index contributed by atoms with van der Waals surface area (Å²) in [5.41, 5.74) is 6.75. The summed E-state index contributed by atoms with van der Waals surface area (Å²) in [5.74, 6) is 0.398. The molecule has 18 heavy (non-hydrogen) atoms. The fourth-order valence-corrected chi connectivity index (χ4v) is 3.45. The molecule has 3 N–H and O–H groups in total. The molecular weight excluding hydrogens is 228 g/mol. The van der Waals surface area contributed by atoms with Crippen molar-refractivity contribution in [1.29, 1.82) is 0 Å². The SMILES string of the molecule is Nc1[nH]ncc1C(=O)N1CCC2(CCCC2)CC1. The number of hydrogen-bond acceptors (Lipinski definition) is 3. The van der Waals surface area contributed by atoms with E-state index >= 15 is 0 Å². The number of piperidine rings is 1. The minimum atomic E-state index is 0.0223. The molecule has 1 aromatic heterocycles. The number of nitrogens with zero attached hydrogens (tertiary/aromatic N) is 2. The monoisotopic (exact) mass is 248 g/mol. The average Bonchev–Trinajstić information content (AvgIpc) is 2.99. The predicted octanol–water partition coefficient (Wildman–Crippen LogP) is 1.79. The van der Waals surface area contributed by atoms with E-state index in [1.807, 2.05) is 4.90 Å². The number of hydrogen-bond donors (Lipinski definition) is 2. The smallest absolute Gasteiger partial charge is 0.259 e. The van der Waals surface area contributed by atoms with Gasteiger partial charge in [-0.25, -0.2) is 0 Å². The van der Waals surface area contributed by atoms with Gasteiger partial charge in [-0.3, -0.25) is 9.89 Å². The topological polar surface area (TPSA) is 75.0 Å². The second kappa shape index (κ2) is 4.30. The molecule has 0 bridgehead atoms. The van der Waals surface area contributed by atoms with E-state index in [0.717, 1.165) is 25.9 Å². The molecule has 1 saturated heterocycles.